The minimum Gasteiger partial charge on any atom is -0.429 e. The molecule has 1 fully saturated rings. The molecule has 1 aliphatic rings. The van der Waals surface area contributed by atoms with Crippen LogP contribution >= 0.6 is 0 Å². The zero-order valence-electron chi connectivity index (χ0n) is 10.8. The van der Waals surface area contributed by atoms with E-state index < -0.39 is 43.2 Å². The lowest BCUT2D eigenvalue weighted by Crippen LogP contribution is -2.49. The maximum absolute atomic E-state index is 11.0. The maximum Gasteiger partial charge on any atom is 0.217 e. The summed E-state index contributed by atoms with van der Waals surface area (Å²) in [6.07, 6.45) is -5.21. The molecule has 0 aromatic carbocycles. The van der Waals surface area contributed by atoms with Crippen LogP contribution in [0.5, 0.6) is 0 Å². The van der Waals surface area contributed by atoms with Crippen LogP contribution in [0, 0.1) is 0 Å². The van der Waals surface area contributed by atoms with Crippen molar-refractivity contribution in [3.8, 4) is 0 Å². The molecule has 1 amide bonds. The second-order valence-corrected chi connectivity index (χ2v) is 3.99. The molecule has 0 saturated carbocycles. The summed E-state index contributed by atoms with van der Waals surface area (Å²) >= 11 is 0. The van der Waals surface area contributed by atoms with Gasteiger partial charge in [-0.05, 0) is 11.1 Å². The first-order chi connectivity index (χ1) is 10.0. The number of aliphatic hydroxyl groups excluding tert-OH is 2. The van der Waals surface area contributed by atoms with E-state index in [1.165, 1.54) is 6.92 Å². The van der Waals surface area contributed by atoms with Gasteiger partial charge in [0.05, 0.1) is 0 Å². The number of nitrogens with one attached hydrogen (secondary N) is 1. The van der Waals surface area contributed by atoms with E-state index in [1.54, 1.807) is 0 Å². The molecule has 0 aromatic heterocycles. The van der Waals surface area contributed by atoms with E-state index in [1.807, 2.05) is 0 Å². The summed E-state index contributed by atoms with van der Waals surface area (Å²) in [5.74, 6) is -0.486. The average Bonchev–Trinajstić information content (AvgIpc) is 2.70. The number of amides is 1. The Morgan fingerprint density at radius 3 is 2.67 bits per heavy atom. The Balaban J connectivity index is 2.78. The van der Waals surface area contributed by atoms with Crippen molar-refractivity contribution in [3.63, 3.8) is 0 Å². The van der Waals surface area contributed by atoms with Crippen molar-refractivity contribution in [1.29, 1.82) is 0 Å². The highest BCUT2D eigenvalue weighted by Crippen LogP contribution is 2.24. The Labute approximate surface area is 117 Å². The Morgan fingerprint density at radius 1 is 1.43 bits per heavy atom. The second-order valence-electron chi connectivity index (χ2n) is 3.99. The van der Waals surface area contributed by atoms with Crippen molar-refractivity contribution in [1.82, 2.24) is 5.32 Å². The highest BCUT2D eigenvalue weighted by atomic mass is 16.7. The van der Waals surface area contributed by atoms with Gasteiger partial charge in [0.25, 0.3) is 0 Å². The Bertz CT molecular complexity index is 462. The van der Waals surface area contributed by atoms with Gasteiger partial charge < -0.3 is 29.9 Å². The second kappa shape index (κ2) is 7.99. The Morgan fingerprint density at radius 2 is 2.10 bits per heavy atom. The smallest absolute Gasteiger partial charge is 0.217 e. The molecule has 5 atom stereocenters. The number of hydrogen-bond donors (Lipinski definition) is 3. The summed E-state index contributed by atoms with van der Waals surface area (Å²) in [7, 11) is 0. The lowest BCUT2D eigenvalue weighted by atomic mass is 10.0. The van der Waals surface area contributed by atoms with Crippen molar-refractivity contribution < 1.29 is 29.4 Å². The number of hydrogen-bond acceptors (Lipinski definition) is 8. The average molecular weight is 303 g/mol. The van der Waals surface area contributed by atoms with Gasteiger partial charge in [-0.1, -0.05) is 0 Å². The number of carbonyl (C=O) groups is 1. The van der Waals surface area contributed by atoms with Gasteiger partial charge in [0.1, 0.15) is 35.4 Å². The van der Waals surface area contributed by atoms with Crippen molar-refractivity contribution in [3.05, 3.63) is 20.9 Å². The minimum absolute atomic E-state index is 0.412. The Kier molecular flexibility index (Phi) is 6.33. The third-order valence-electron chi connectivity index (χ3n) is 2.60. The van der Waals surface area contributed by atoms with Crippen LogP contribution in [-0.2, 0) is 19.2 Å². The largest absolute Gasteiger partial charge is 0.429 e. The molecule has 0 aliphatic carbocycles. The number of rotatable bonds is 7. The predicted molar refractivity (Wildman–Crippen MR) is 63.6 cm³/mol. The van der Waals surface area contributed by atoms with Crippen LogP contribution in [0.2, 0.25) is 0 Å². The first-order valence-electron chi connectivity index (χ1n) is 5.66. The number of ether oxygens (including phenoxy) is 1. The molecular formula is C8H13N7O6. The number of azide groups is 2. The van der Waals surface area contributed by atoms with Gasteiger partial charge in [-0.25, -0.2) is 0 Å². The fraction of sp³-hybridized carbons (Fsp3) is 0.875. The van der Waals surface area contributed by atoms with Crippen LogP contribution in [0.15, 0.2) is 10.6 Å². The molecule has 1 rings (SSSR count). The number of nitrogens with zero attached hydrogens (tertiary/aromatic N) is 6. The Hall–Kier alpha value is -2.43. The van der Waals surface area contributed by atoms with Gasteiger partial charge >= 0.3 is 0 Å². The van der Waals surface area contributed by atoms with Crippen LogP contribution in [0.3, 0.4) is 0 Å². The summed E-state index contributed by atoms with van der Waals surface area (Å²) in [6, 6.07) is -1.09. The molecule has 1 saturated heterocycles. The predicted octanol–water partition coefficient (Wildman–Crippen LogP) is -0.578. The molecule has 0 spiro atoms. The quantitative estimate of drug-likeness (QED) is 0.243. The summed E-state index contributed by atoms with van der Waals surface area (Å²) in [5.41, 5.74) is 16.3. The van der Waals surface area contributed by atoms with Gasteiger partial charge in [0.15, 0.2) is 12.4 Å². The molecule has 0 aromatic rings. The molecule has 13 heteroatoms. The molecule has 1 unspecified atom stereocenters. The van der Waals surface area contributed by atoms with Crippen molar-refractivity contribution in [2.24, 2.45) is 10.6 Å². The van der Waals surface area contributed by atoms with Gasteiger partial charge in [-0.15, -0.1) is 0 Å². The van der Waals surface area contributed by atoms with E-state index in [4.69, 9.17) is 15.8 Å². The minimum atomic E-state index is -1.49. The summed E-state index contributed by atoms with van der Waals surface area (Å²) in [4.78, 5) is 24.9. The zero-order chi connectivity index (χ0) is 15.8. The van der Waals surface area contributed by atoms with E-state index in [0.717, 1.165) is 0 Å². The topological polar surface area (TPSA) is 195 Å². The monoisotopic (exact) mass is 303 g/mol. The SMILES string of the molecule is CC(=O)N[C@@H]1C(O)O[C@H]([C@@H](CON=[N+]=[N-])ON=[N+]=[N-])[C@@H]1O. The lowest BCUT2D eigenvalue weighted by Gasteiger charge is -2.23. The normalized spacial score (nSPS) is 28.7. The summed E-state index contributed by atoms with van der Waals surface area (Å²) < 4.78 is 5.04. The van der Waals surface area contributed by atoms with E-state index >= 15 is 0 Å². The number of aliphatic hydroxyl groups is 2. The fourth-order valence-electron chi connectivity index (χ4n) is 1.80. The highest BCUT2D eigenvalue weighted by Gasteiger charge is 2.48. The van der Waals surface area contributed by atoms with Crippen LogP contribution < -0.4 is 5.32 Å². The molecule has 0 bridgehead atoms. The third-order valence-corrected chi connectivity index (χ3v) is 2.60. The van der Waals surface area contributed by atoms with Gasteiger partial charge in [-0.3, -0.25) is 4.79 Å². The van der Waals surface area contributed by atoms with E-state index in [9.17, 15) is 15.0 Å². The summed E-state index contributed by atoms with van der Waals surface area (Å²) in [6.45, 7) is 0.787. The van der Waals surface area contributed by atoms with E-state index in [2.05, 4.69) is 35.4 Å². The van der Waals surface area contributed by atoms with Crippen molar-refractivity contribution >= 4 is 5.91 Å². The van der Waals surface area contributed by atoms with Gasteiger partial charge in [0.2, 0.25) is 5.91 Å². The molecule has 1 aliphatic heterocycles. The first kappa shape index (κ1) is 16.6. The van der Waals surface area contributed by atoms with Crippen LogP contribution in [0.4, 0.5) is 0 Å². The molecule has 13 nitrogen and oxygen atoms in total. The first-order valence-corrected chi connectivity index (χ1v) is 5.66. The van der Waals surface area contributed by atoms with Crippen molar-refractivity contribution in [2.45, 2.75) is 37.6 Å². The molecule has 116 valence electrons. The van der Waals surface area contributed by atoms with Crippen molar-refractivity contribution in [2.75, 3.05) is 6.61 Å². The third kappa shape index (κ3) is 4.56. The molecular weight excluding hydrogens is 290 g/mol. The molecule has 3 N–H and O–H groups in total. The maximum atomic E-state index is 11.0. The van der Waals surface area contributed by atoms with E-state index in [0.29, 0.717) is 0 Å². The fourth-order valence-corrected chi connectivity index (χ4v) is 1.80. The highest BCUT2D eigenvalue weighted by molar-refractivity contribution is 5.73. The van der Waals surface area contributed by atoms with E-state index in [-0.39, 0.29) is 0 Å². The summed E-state index contributed by atoms with van der Waals surface area (Å²) in [5, 5.41) is 27.6. The molecule has 1 heterocycles. The zero-order valence-corrected chi connectivity index (χ0v) is 10.8. The lowest BCUT2D eigenvalue weighted by molar-refractivity contribution is -0.160. The number of carbonyl (C=O) groups excluding carboxylic acids is 1. The van der Waals surface area contributed by atoms with Crippen LogP contribution in [0.1, 0.15) is 6.92 Å². The standard InChI is InChI=1S/C8H13N7O6/c1-3(16)11-5-6(17)7(20-8(5)18)4(21-15-13-10)2-19-14-12-9/h4-8,17-18H,2H2,1H3,(H,11,16)/t4-,5+,6-,7-,8?/m1/s1. The van der Waals surface area contributed by atoms with Gasteiger partial charge in [-0.2, -0.15) is 0 Å². The van der Waals surface area contributed by atoms with Crippen LogP contribution in [0.25, 0.3) is 20.9 Å². The van der Waals surface area contributed by atoms with Crippen LogP contribution in [-0.4, -0.2) is 53.4 Å². The molecule has 0 radical (unpaired) electrons. The molecule has 21 heavy (non-hydrogen) atoms. The van der Waals surface area contributed by atoms with Gasteiger partial charge in [0, 0.05) is 16.7 Å².